The smallest absolute Gasteiger partial charge is 0.0823 e. The second kappa shape index (κ2) is 6.51. The summed E-state index contributed by atoms with van der Waals surface area (Å²) in [7, 11) is 0. The molecule has 0 aliphatic rings. The molecule has 1 atom stereocenters. The van der Waals surface area contributed by atoms with Gasteiger partial charge in [-0.3, -0.25) is 0 Å². The van der Waals surface area contributed by atoms with Crippen molar-refractivity contribution in [3.8, 4) is 0 Å². The maximum atomic E-state index is 6.19. The number of halogens is 3. The summed E-state index contributed by atoms with van der Waals surface area (Å²) >= 11 is 18.1. The van der Waals surface area contributed by atoms with E-state index in [1.165, 1.54) is 5.56 Å². The van der Waals surface area contributed by atoms with Crippen LogP contribution in [-0.2, 0) is 0 Å². The highest BCUT2D eigenvalue weighted by atomic mass is 35.5. The second-order valence-corrected chi connectivity index (χ2v) is 5.48. The SMILES string of the molecule is CCC(Nc1cccc(Cl)c1Cl)c1ccc(Cl)cc1. The first-order valence-electron chi connectivity index (χ1n) is 6.08. The molecule has 0 spiro atoms. The highest BCUT2D eigenvalue weighted by Gasteiger charge is 2.12. The first-order valence-corrected chi connectivity index (χ1v) is 7.21. The molecule has 0 bridgehead atoms. The molecule has 4 heteroatoms. The molecule has 1 unspecified atom stereocenters. The predicted octanol–water partition coefficient (Wildman–Crippen LogP) is 6.21. The van der Waals surface area contributed by atoms with Gasteiger partial charge in [0.1, 0.15) is 0 Å². The van der Waals surface area contributed by atoms with Gasteiger partial charge < -0.3 is 5.32 Å². The molecule has 1 N–H and O–H groups in total. The first-order chi connectivity index (χ1) is 9.11. The van der Waals surface area contributed by atoms with Gasteiger partial charge in [-0.05, 0) is 36.2 Å². The Bertz CT molecular complexity index is 552. The summed E-state index contributed by atoms with van der Waals surface area (Å²) in [4.78, 5) is 0. The molecule has 0 radical (unpaired) electrons. The highest BCUT2D eigenvalue weighted by Crippen LogP contribution is 2.33. The van der Waals surface area contributed by atoms with Crippen LogP contribution in [0.4, 0.5) is 5.69 Å². The Labute approximate surface area is 128 Å². The van der Waals surface area contributed by atoms with Crippen molar-refractivity contribution in [2.24, 2.45) is 0 Å². The lowest BCUT2D eigenvalue weighted by Gasteiger charge is -2.20. The quantitative estimate of drug-likeness (QED) is 0.707. The van der Waals surface area contributed by atoms with Gasteiger partial charge in [0.25, 0.3) is 0 Å². The van der Waals surface area contributed by atoms with Crippen LogP contribution in [-0.4, -0.2) is 0 Å². The minimum absolute atomic E-state index is 0.174. The van der Waals surface area contributed by atoms with Gasteiger partial charge >= 0.3 is 0 Å². The number of nitrogens with one attached hydrogen (secondary N) is 1. The predicted molar refractivity (Wildman–Crippen MR) is 84.6 cm³/mol. The maximum absolute atomic E-state index is 6.19. The summed E-state index contributed by atoms with van der Waals surface area (Å²) in [6, 6.07) is 13.6. The van der Waals surface area contributed by atoms with E-state index in [2.05, 4.69) is 12.2 Å². The number of benzene rings is 2. The van der Waals surface area contributed by atoms with Gasteiger partial charge in [0.05, 0.1) is 21.8 Å². The lowest BCUT2D eigenvalue weighted by molar-refractivity contribution is 0.749. The van der Waals surface area contributed by atoms with Crippen molar-refractivity contribution in [2.75, 3.05) is 5.32 Å². The van der Waals surface area contributed by atoms with Crippen LogP contribution in [0.25, 0.3) is 0 Å². The van der Waals surface area contributed by atoms with Crippen LogP contribution in [0.3, 0.4) is 0 Å². The normalized spacial score (nSPS) is 12.2. The molecule has 100 valence electrons. The van der Waals surface area contributed by atoms with Crippen molar-refractivity contribution in [2.45, 2.75) is 19.4 Å². The molecule has 0 aliphatic heterocycles. The largest absolute Gasteiger partial charge is 0.377 e. The zero-order valence-corrected chi connectivity index (χ0v) is 12.7. The fourth-order valence-corrected chi connectivity index (χ4v) is 2.40. The fraction of sp³-hybridized carbons (Fsp3) is 0.200. The Morgan fingerprint density at radius 1 is 1.00 bits per heavy atom. The number of hydrogen-bond acceptors (Lipinski definition) is 1. The minimum Gasteiger partial charge on any atom is -0.377 e. The Balaban J connectivity index is 2.24. The third kappa shape index (κ3) is 3.56. The van der Waals surface area contributed by atoms with Crippen molar-refractivity contribution in [3.63, 3.8) is 0 Å². The van der Waals surface area contributed by atoms with E-state index in [1.54, 1.807) is 6.07 Å². The lowest BCUT2D eigenvalue weighted by atomic mass is 10.0. The molecule has 0 heterocycles. The topological polar surface area (TPSA) is 12.0 Å². The van der Waals surface area contributed by atoms with Gasteiger partial charge in [0, 0.05) is 5.02 Å². The molecular formula is C15H14Cl3N. The summed E-state index contributed by atoms with van der Waals surface area (Å²) in [5, 5.41) is 5.26. The molecule has 19 heavy (non-hydrogen) atoms. The molecule has 2 aromatic rings. The zero-order chi connectivity index (χ0) is 13.8. The lowest BCUT2D eigenvalue weighted by Crippen LogP contribution is -2.09. The number of rotatable bonds is 4. The van der Waals surface area contributed by atoms with Gasteiger partial charge in [-0.1, -0.05) is 59.9 Å². The highest BCUT2D eigenvalue weighted by molar-refractivity contribution is 6.43. The van der Waals surface area contributed by atoms with Crippen molar-refractivity contribution in [1.29, 1.82) is 0 Å². The second-order valence-electron chi connectivity index (χ2n) is 4.26. The summed E-state index contributed by atoms with van der Waals surface area (Å²) < 4.78 is 0. The summed E-state index contributed by atoms with van der Waals surface area (Å²) in [5.41, 5.74) is 2.01. The van der Waals surface area contributed by atoms with E-state index in [9.17, 15) is 0 Å². The van der Waals surface area contributed by atoms with Crippen LogP contribution >= 0.6 is 34.8 Å². The van der Waals surface area contributed by atoms with E-state index in [1.807, 2.05) is 36.4 Å². The van der Waals surface area contributed by atoms with Crippen LogP contribution in [0.5, 0.6) is 0 Å². The molecule has 2 rings (SSSR count). The molecule has 1 nitrogen and oxygen atoms in total. The molecular weight excluding hydrogens is 301 g/mol. The van der Waals surface area contributed by atoms with Crippen LogP contribution in [0.2, 0.25) is 15.1 Å². The average molecular weight is 315 g/mol. The Kier molecular flexibility index (Phi) is 4.98. The number of anilines is 1. The van der Waals surface area contributed by atoms with Crippen LogP contribution in [0, 0.1) is 0 Å². The van der Waals surface area contributed by atoms with Crippen molar-refractivity contribution in [3.05, 3.63) is 63.1 Å². The average Bonchev–Trinajstić information content (AvgIpc) is 2.42. The summed E-state index contributed by atoms with van der Waals surface area (Å²) in [6.45, 7) is 2.12. The van der Waals surface area contributed by atoms with Crippen LogP contribution in [0.15, 0.2) is 42.5 Å². The van der Waals surface area contributed by atoms with Crippen LogP contribution < -0.4 is 5.32 Å². The molecule has 0 aromatic heterocycles. The van der Waals surface area contributed by atoms with Gasteiger partial charge in [0.2, 0.25) is 0 Å². The minimum atomic E-state index is 0.174. The molecule has 0 saturated heterocycles. The first kappa shape index (κ1) is 14.5. The van der Waals surface area contributed by atoms with E-state index in [4.69, 9.17) is 34.8 Å². The Hall–Kier alpha value is -0.890. The van der Waals surface area contributed by atoms with Crippen molar-refractivity contribution < 1.29 is 0 Å². The zero-order valence-electron chi connectivity index (χ0n) is 10.5. The summed E-state index contributed by atoms with van der Waals surface area (Å²) in [6.07, 6.45) is 0.935. The molecule has 0 saturated carbocycles. The van der Waals surface area contributed by atoms with Crippen LogP contribution in [0.1, 0.15) is 24.9 Å². The van der Waals surface area contributed by atoms with Gasteiger partial charge in [0.15, 0.2) is 0 Å². The third-order valence-electron chi connectivity index (χ3n) is 2.96. The van der Waals surface area contributed by atoms with E-state index in [-0.39, 0.29) is 6.04 Å². The molecule has 2 aromatic carbocycles. The van der Waals surface area contributed by atoms with Crippen molar-refractivity contribution >= 4 is 40.5 Å². The Morgan fingerprint density at radius 3 is 2.32 bits per heavy atom. The van der Waals surface area contributed by atoms with E-state index in [0.717, 1.165) is 17.1 Å². The van der Waals surface area contributed by atoms with E-state index in [0.29, 0.717) is 10.0 Å². The van der Waals surface area contributed by atoms with Crippen molar-refractivity contribution in [1.82, 2.24) is 0 Å². The number of hydrogen-bond donors (Lipinski definition) is 1. The van der Waals surface area contributed by atoms with E-state index < -0.39 is 0 Å². The monoisotopic (exact) mass is 313 g/mol. The third-order valence-corrected chi connectivity index (χ3v) is 4.03. The standard InChI is InChI=1S/C15H14Cl3N/c1-2-13(10-6-8-11(16)9-7-10)19-14-5-3-4-12(17)15(14)18/h3-9,13,19H,2H2,1H3. The molecule has 0 aliphatic carbocycles. The fourth-order valence-electron chi connectivity index (χ4n) is 1.92. The summed E-state index contributed by atoms with van der Waals surface area (Å²) in [5.74, 6) is 0. The molecule has 0 fully saturated rings. The van der Waals surface area contributed by atoms with Gasteiger partial charge in [-0.15, -0.1) is 0 Å². The maximum Gasteiger partial charge on any atom is 0.0823 e. The molecule has 0 amide bonds. The van der Waals surface area contributed by atoms with Gasteiger partial charge in [-0.25, -0.2) is 0 Å². The van der Waals surface area contributed by atoms with E-state index >= 15 is 0 Å². The van der Waals surface area contributed by atoms with Gasteiger partial charge in [-0.2, -0.15) is 0 Å². The Morgan fingerprint density at radius 2 is 1.68 bits per heavy atom.